The fourth-order valence-electron chi connectivity index (χ4n) is 2.76. The van der Waals surface area contributed by atoms with Crippen molar-refractivity contribution in [1.82, 2.24) is 14.5 Å². The first-order valence-electron chi connectivity index (χ1n) is 8.81. The molecular formula is C21H19BrClN3O2S. The molecule has 0 atom stereocenters. The number of fused-ring (bicyclic) bond motifs is 1. The zero-order valence-corrected chi connectivity index (χ0v) is 18.9. The van der Waals surface area contributed by atoms with Crippen molar-refractivity contribution >= 4 is 56.1 Å². The van der Waals surface area contributed by atoms with Crippen molar-refractivity contribution in [1.29, 1.82) is 0 Å². The van der Waals surface area contributed by atoms with Gasteiger partial charge in [0, 0.05) is 29.6 Å². The topological polar surface area (TPSA) is 55.2 Å². The van der Waals surface area contributed by atoms with Gasteiger partial charge in [-0.15, -0.1) is 6.58 Å². The molecule has 0 aliphatic carbocycles. The summed E-state index contributed by atoms with van der Waals surface area (Å²) >= 11 is 10.7. The van der Waals surface area contributed by atoms with Crippen LogP contribution in [0.2, 0.25) is 5.02 Å². The van der Waals surface area contributed by atoms with Crippen LogP contribution < -0.4 is 5.56 Å². The van der Waals surface area contributed by atoms with Crippen LogP contribution in [0.1, 0.15) is 5.56 Å². The van der Waals surface area contributed by atoms with E-state index in [2.05, 4.69) is 27.5 Å². The van der Waals surface area contributed by atoms with Gasteiger partial charge in [-0.2, -0.15) is 0 Å². The molecule has 0 saturated carbocycles. The summed E-state index contributed by atoms with van der Waals surface area (Å²) < 4.78 is 2.52. The Bertz CT molecular complexity index is 1120. The van der Waals surface area contributed by atoms with Gasteiger partial charge >= 0.3 is 0 Å². The van der Waals surface area contributed by atoms with E-state index in [1.165, 1.54) is 16.3 Å². The molecule has 0 N–H and O–H groups in total. The Morgan fingerprint density at radius 1 is 1.31 bits per heavy atom. The van der Waals surface area contributed by atoms with Crippen LogP contribution in [0.4, 0.5) is 0 Å². The number of nitrogens with zero attached hydrogens (tertiary/aromatic N) is 3. The standard InChI is InChI=1S/C21H19BrClN3O2S/c1-3-10-26-20(28)17-9-8-16(23)11-18(17)24-21(26)29-13-19(27)25(2)12-14-4-6-15(22)7-5-14/h3-9,11H,1,10,12-13H2,2H3. The summed E-state index contributed by atoms with van der Waals surface area (Å²) in [5, 5.41) is 1.46. The van der Waals surface area contributed by atoms with Crippen molar-refractivity contribution in [3.05, 3.63) is 80.5 Å². The molecule has 0 aliphatic rings. The van der Waals surface area contributed by atoms with Crippen molar-refractivity contribution in [2.75, 3.05) is 12.8 Å². The van der Waals surface area contributed by atoms with E-state index in [1.54, 1.807) is 36.2 Å². The van der Waals surface area contributed by atoms with E-state index in [0.29, 0.717) is 34.2 Å². The quantitative estimate of drug-likeness (QED) is 0.271. The molecule has 0 spiro atoms. The average Bonchev–Trinajstić information content (AvgIpc) is 2.70. The van der Waals surface area contributed by atoms with E-state index >= 15 is 0 Å². The van der Waals surface area contributed by atoms with Crippen LogP contribution >= 0.6 is 39.3 Å². The first-order chi connectivity index (χ1) is 13.9. The lowest BCUT2D eigenvalue weighted by molar-refractivity contribution is -0.127. The monoisotopic (exact) mass is 491 g/mol. The van der Waals surface area contributed by atoms with E-state index < -0.39 is 0 Å². The lowest BCUT2D eigenvalue weighted by Crippen LogP contribution is -2.28. The molecule has 0 unspecified atom stereocenters. The van der Waals surface area contributed by atoms with E-state index in [4.69, 9.17) is 11.6 Å². The number of thioether (sulfide) groups is 1. The van der Waals surface area contributed by atoms with Crippen molar-refractivity contribution in [2.24, 2.45) is 0 Å². The molecule has 1 amide bonds. The minimum absolute atomic E-state index is 0.0523. The lowest BCUT2D eigenvalue weighted by Gasteiger charge is -2.18. The summed E-state index contributed by atoms with van der Waals surface area (Å²) in [4.78, 5) is 31.6. The molecule has 1 aromatic heterocycles. The highest BCUT2D eigenvalue weighted by atomic mass is 79.9. The van der Waals surface area contributed by atoms with Gasteiger partial charge in [-0.25, -0.2) is 4.98 Å². The highest BCUT2D eigenvalue weighted by molar-refractivity contribution is 9.10. The highest BCUT2D eigenvalue weighted by Crippen LogP contribution is 2.21. The number of carbonyl (C=O) groups is 1. The first-order valence-corrected chi connectivity index (χ1v) is 11.0. The van der Waals surface area contributed by atoms with E-state index in [1.807, 2.05) is 24.3 Å². The van der Waals surface area contributed by atoms with Crippen LogP contribution in [0.5, 0.6) is 0 Å². The summed E-state index contributed by atoms with van der Waals surface area (Å²) in [7, 11) is 1.76. The van der Waals surface area contributed by atoms with Crippen LogP contribution in [0.3, 0.4) is 0 Å². The second-order valence-electron chi connectivity index (χ2n) is 6.43. The first kappa shape index (κ1) is 21.6. The number of amides is 1. The van der Waals surface area contributed by atoms with Gasteiger partial charge in [0.15, 0.2) is 5.16 Å². The Labute approximate surface area is 186 Å². The second-order valence-corrected chi connectivity index (χ2v) is 8.72. The van der Waals surface area contributed by atoms with E-state index in [-0.39, 0.29) is 17.2 Å². The lowest BCUT2D eigenvalue weighted by atomic mass is 10.2. The number of hydrogen-bond donors (Lipinski definition) is 0. The molecular weight excluding hydrogens is 474 g/mol. The van der Waals surface area contributed by atoms with Gasteiger partial charge in [0.25, 0.3) is 5.56 Å². The SMILES string of the molecule is C=CCn1c(SCC(=O)N(C)Cc2ccc(Br)cc2)nc2cc(Cl)ccc2c1=O. The maximum atomic E-state index is 12.8. The van der Waals surface area contributed by atoms with Gasteiger partial charge in [0.05, 0.1) is 16.7 Å². The Hall–Kier alpha value is -2.09. The molecule has 150 valence electrons. The molecule has 8 heteroatoms. The summed E-state index contributed by atoms with van der Waals surface area (Å²) in [6.45, 7) is 4.53. The maximum absolute atomic E-state index is 12.8. The Kier molecular flexibility index (Phi) is 7.16. The highest BCUT2D eigenvalue weighted by Gasteiger charge is 2.15. The van der Waals surface area contributed by atoms with Crippen molar-refractivity contribution < 1.29 is 4.79 Å². The third-order valence-corrected chi connectivity index (χ3v) is 6.00. The average molecular weight is 493 g/mol. The number of carbonyl (C=O) groups excluding carboxylic acids is 1. The zero-order valence-electron chi connectivity index (χ0n) is 15.8. The van der Waals surface area contributed by atoms with Crippen molar-refractivity contribution in [2.45, 2.75) is 18.2 Å². The number of aromatic nitrogens is 2. The van der Waals surface area contributed by atoms with Crippen LogP contribution in [0.15, 0.2) is 69.5 Å². The van der Waals surface area contributed by atoms with E-state index in [9.17, 15) is 9.59 Å². The second kappa shape index (κ2) is 9.61. The summed E-state index contributed by atoms with van der Waals surface area (Å²) in [5.74, 6) is 0.117. The van der Waals surface area contributed by atoms with Gasteiger partial charge in [0.2, 0.25) is 5.91 Å². The normalized spacial score (nSPS) is 10.9. The summed E-state index contributed by atoms with van der Waals surface area (Å²) in [6.07, 6.45) is 1.64. The Balaban J connectivity index is 1.78. The molecule has 5 nitrogen and oxygen atoms in total. The fraction of sp³-hybridized carbons (Fsp3) is 0.190. The Morgan fingerprint density at radius 3 is 2.72 bits per heavy atom. The van der Waals surface area contributed by atoms with Gasteiger partial charge in [0.1, 0.15) is 0 Å². The zero-order chi connectivity index (χ0) is 21.0. The minimum atomic E-state index is -0.176. The van der Waals surface area contributed by atoms with Crippen LogP contribution in [-0.2, 0) is 17.9 Å². The third kappa shape index (κ3) is 5.29. The molecule has 0 bridgehead atoms. The number of hydrogen-bond acceptors (Lipinski definition) is 4. The van der Waals surface area contributed by atoms with Gasteiger partial charge in [-0.3, -0.25) is 14.2 Å². The van der Waals surface area contributed by atoms with Gasteiger partial charge < -0.3 is 4.90 Å². The number of halogens is 2. The predicted octanol–water partition coefficient (Wildman–Crippen LogP) is 4.75. The number of allylic oxidation sites excluding steroid dienone is 1. The summed E-state index contributed by atoms with van der Waals surface area (Å²) in [6, 6.07) is 12.8. The maximum Gasteiger partial charge on any atom is 0.262 e. The Morgan fingerprint density at radius 2 is 2.03 bits per heavy atom. The number of benzene rings is 2. The molecule has 0 saturated heterocycles. The predicted molar refractivity (Wildman–Crippen MR) is 123 cm³/mol. The number of rotatable bonds is 7. The van der Waals surface area contributed by atoms with E-state index in [0.717, 1.165) is 10.0 Å². The molecule has 2 aromatic carbocycles. The fourth-order valence-corrected chi connectivity index (χ4v) is 4.14. The molecule has 1 heterocycles. The van der Waals surface area contributed by atoms with Crippen molar-refractivity contribution in [3.63, 3.8) is 0 Å². The smallest absolute Gasteiger partial charge is 0.262 e. The molecule has 3 aromatic rings. The van der Waals surface area contributed by atoms with Crippen LogP contribution in [0, 0.1) is 0 Å². The molecule has 29 heavy (non-hydrogen) atoms. The van der Waals surface area contributed by atoms with Crippen LogP contribution in [0.25, 0.3) is 10.9 Å². The molecule has 0 aliphatic heterocycles. The molecule has 0 fully saturated rings. The molecule has 0 radical (unpaired) electrons. The largest absolute Gasteiger partial charge is 0.341 e. The molecule has 3 rings (SSSR count). The van der Waals surface area contributed by atoms with Gasteiger partial charge in [-0.05, 0) is 35.9 Å². The van der Waals surface area contributed by atoms with Gasteiger partial charge in [-0.1, -0.05) is 57.5 Å². The third-order valence-electron chi connectivity index (χ3n) is 4.28. The van der Waals surface area contributed by atoms with Crippen LogP contribution in [-0.4, -0.2) is 33.2 Å². The minimum Gasteiger partial charge on any atom is -0.341 e. The van der Waals surface area contributed by atoms with Crippen molar-refractivity contribution in [3.8, 4) is 0 Å². The summed E-state index contributed by atoms with van der Waals surface area (Å²) in [5.41, 5.74) is 1.38.